The Balaban J connectivity index is 2.21. The summed E-state index contributed by atoms with van der Waals surface area (Å²) in [7, 11) is 1.88. The van der Waals surface area contributed by atoms with Gasteiger partial charge in [0.05, 0.1) is 16.8 Å². The summed E-state index contributed by atoms with van der Waals surface area (Å²) in [5.41, 5.74) is 1.87. The lowest BCUT2D eigenvalue weighted by Crippen LogP contribution is -2.05. The van der Waals surface area contributed by atoms with E-state index in [0.717, 1.165) is 32.0 Å². The Morgan fingerprint density at radius 2 is 2.20 bits per heavy atom. The average molecular weight is 287 g/mol. The van der Waals surface area contributed by atoms with Crippen molar-refractivity contribution in [2.24, 2.45) is 5.92 Å². The van der Waals surface area contributed by atoms with E-state index in [-0.39, 0.29) is 0 Å². The second kappa shape index (κ2) is 5.25. The van der Waals surface area contributed by atoms with Crippen LogP contribution < -0.4 is 10.1 Å². The largest absolute Gasteiger partial charge is 0.491 e. The zero-order valence-electron chi connectivity index (χ0n) is 11.8. The number of benzene rings is 1. The molecule has 0 aliphatic rings. The smallest absolute Gasteiger partial charge is 0.183 e. The molecule has 0 amide bonds. The summed E-state index contributed by atoms with van der Waals surface area (Å²) in [4.78, 5) is 9.07. The van der Waals surface area contributed by atoms with Crippen molar-refractivity contribution < 1.29 is 4.74 Å². The first-order valence-electron chi connectivity index (χ1n) is 6.68. The van der Waals surface area contributed by atoms with Crippen molar-refractivity contribution >= 4 is 37.6 Å². The van der Waals surface area contributed by atoms with Gasteiger partial charge in [-0.1, -0.05) is 25.2 Å². The third kappa shape index (κ3) is 2.29. The number of pyridine rings is 1. The summed E-state index contributed by atoms with van der Waals surface area (Å²) >= 11 is 1.63. The number of hydrogen-bond donors (Lipinski definition) is 1. The minimum atomic E-state index is 0.485. The SMILES string of the molecule is CNc1nc2c(cc(OCC(C)C)c3ncccc32)s1. The summed E-state index contributed by atoms with van der Waals surface area (Å²) in [5, 5.41) is 5.05. The fraction of sp³-hybridized carbons (Fsp3) is 0.333. The number of aromatic nitrogens is 2. The van der Waals surface area contributed by atoms with Gasteiger partial charge in [-0.3, -0.25) is 4.98 Å². The van der Waals surface area contributed by atoms with E-state index in [2.05, 4.69) is 29.1 Å². The molecule has 5 heteroatoms. The van der Waals surface area contributed by atoms with Crippen LogP contribution in [0.4, 0.5) is 5.13 Å². The van der Waals surface area contributed by atoms with Gasteiger partial charge in [-0.15, -0.1) is 0 Å². The van der Waals surface area contributed by atoms with Crippen molar-refractivity contribution in [3.63, 3.8) is 0 Å². The minimum Gasteiger partial charge on any atom is -0.491 e. The normalized spacial score (nSPS) is 11.4. The number of nitrogens with one attached hydrogen (secondary N) is 1. The van der Waals surface area contributed by atoms with Crippen LogP contribution in [-0.2, 0) is 0 Å². The quantitative estimate of drug-likeness (QED) is 0.790. The second-order valence-corrected chi connectivity index (χ2v) is 6.13. The second-order valence-electron chi connectivity index (χ2n) is 5.09. The van der Waals surface area contributed by atoms with E-state index in [4.69, 9.17) is 4.74 Å². The molecule has 2 aromatic heterocycles. The Labute approximate surface area is 121 Å². The Morgan fingerprint density at radius 3 is 2.95 bits per heavy atom. The van der Waals surface area contributed by atoms with E-state index in [1.54, 1.807) is 17.5 Å². The highest BCUT2D eigenvalue weighted by atomic mass is 32.1. The van der Waals surface area contributed by atoms with Crippen LogP contribution in [0.5, 0.6) is 5.75 Å². The van der Waals surface area contributed by atoms with E-state index in [1.165, 1.54) is 0 Å². The summed E-state index contributed by atoms with van der Waals surface area (Å²) in [6.45, 7) is 4.97. The molecule has 0 spiro atoms. The summed E-state index contributed by atoms with van der Waals surface area (Å²) < 4.78 is 7.05. The maximum atomic E-state index is 5.93. The molecule has 0 saturated heterocycles. The number of fused-ring (bicyclic) bond motifs is 3. The highest BCUT2D eigenvalue weighted by Gasteiger charge is 2.13. The molecule has 0 bridgehead atoms. The first-order valence-corrected chi connectivity index (χ1v) is 7.49. The van der Waals surface area contributed by atoms with Gasteiger partial charge >= 0.3 is 0 Å². The van der Waals surface area contributed by atoms with Gasteiger partial charge in [0.2, 0.25) is 0 Å². The molecule has 0 unspecified atom stereocenters. The molecule has 0 aliphatic heterocycles. The van der Waals surface area contributed by atoms with Crippen molar-refractivity contribution in [3.8, 4) is 5.75 Å². The molecule has 0 atom stereocenters. The standard InChI is InChI=1S/C15H17N3OS/c1-9(2)8-19-11-7-12-14(18-15(16-3)20-12)10-5-4-6-17-13(10)11/h4-7,9H,8H2,1-3H3,(H,16,18). The lowest BCUT2D eigenvalue weighted by Gasteiger charge is -2.10. The van der Waals surface area contributed by atoms with Crippen LogP contribution in [0, 0.1) is 5.92 Å². The van der Waals surface area contributed by atoms with E-state index in [9.17, 15) is 0 Å². The van der Waals surface area contributed by atoms with Crippen LogP contribution in [0.2, 0.25) is 0 Å². The van der Waals surface area contributed by atoms with Crippen LogP contribution in [0.15, 0.2) is 24.4 Å². The van der Waals surface area contributed by atoms with Gasteiger partial charge < -0.3 is 10.1 Å². The summed E-state index contributed by atoms with van der Waals surface area (Å²) in [6, 6.07) is 6.03. The average Bonchev–Trinajstić information content (AvgIpc) is 2.88. The number of ether oxygens (including phenoxy) is 1. The lowest BCUT2D eigenvalue weighted by molar-refractivity contribution is 0.274. The summed E-state index contributed by atoms with van der Waals surface area (Å²) in [5.74, 6) is 1.33. The molecule has 1 aromatic carbocycles. The van der Waals surface area contributed by atoms with Crippen LogP contribution in [-0.4, -0.2) is 23.6 Å². The van der Waals surface area contributed by atoms with Gasteiger partial charge in [0, 0.05) is 24.7 Å². The zero-order valence-corrected chi connectivity index (χ0v) is 12.6. The highest BCUT2D eigenvalue weighted by molar-refractivity contribution is 7.22. The van der Waals surface area contributed by atoms with Crippen LogP contribution in [0.3, 0.4) is 0 Å². The molecule has 4 nitrogen and oxygen atoms in total. The predicted molar refractivity (Wildman–Crippen MR) is 84.8 cm³/mol. The summed E-state index contributed by atoms with van der Waals surface area (Å²) in [6.07, 6.45) is 1.79. The van der Waals surface area contributed by atoms with Crippen LogP contribution in [0.1, 0.15) is 13.8 Å². The van der Waals surface area contributed by atoms with Crippen molar-refractivity contribution in [2.75, 3.05) is 19.0 Å². The molecule has 1 N–H and O–H groups in total. The first kappa shape index (κ1) is 13.1. The third-order valence-corrected chi connectivity index (χ3v) is 4.02. The van der Waals surface area contributed by atoms with Crippen LogP contribution >= 0.6 is 11.3 Å². The van der Waals surface area contributed by atoms with E-state index < -0.39 is 0 Å². The Kier molecular flexibility index (Phi) is 3.44. The molecule has 20 heavy (non-hydrogen) atoms. The molecule has 3 rings (SSSR count). The number of thiazole rings is 1. The van der Waals surface area contributed by atoms with Gasteiger partial charge in [0.1, 0.15) is 11.3 Å². The molecule has 0 fully saturated rings. The first-order chi connectivity index (χ1) is 9.69. The molecule has 0 radical (unpaired) electrons. The highest BCUT2D eigenvalue weighted by Crippen LogP contribution is 2.36. The van der Waals surface area contributed by atoms with Gasteiger partial charge in [0.15, 0.2) is 5.13 Å². The number of hydrogen-bond acceptors (Lipinski definition) is 5. The minimum absolute atomic E-state index is 0.485. The maximum Gasteiger partial charge on any atom is 0.183 e. The maximum absolute atomic E-state index is 5.93. The number of nitrogens with zero attached hydrogens (tertiary/aromatic N) is 2. The third-order valence-electron chi connectivity index (χ3n) is 3.00. The number of rotatable bonds is 4. The Hall–Kier alpha value is -1.88. The van der Waals surface area contributed by atoms with Gasteiger partial charge in [-0.25, -0.2) is 4.98 Å². The van der Waals surface area contributed by atoms with E-state index in [0.29, 0.717) is 12.5 Å². The molecule has 0 saturated carbocycles. The molecule has 104 valence electrons. The van der Waals surface area contributed by atoms with Crippen LogP contribution in [0.25, 0.3) is 21.1 Å². The number of anilines is 1. The molecular formula is C15H17N3OS. The molecule has 3 aromatic rings. The van der Waals surface area contributed by atoms with E-state index in [1.807, 2.05) is 25.2 Å². The lowest BCUT2D eigenvalue weighted by atomic mass is 10.2. The predicted octanol–water partition coefficient (Wildman–Crippen LogP) is 3.92. The fourth-order valence-electron chi connectivity index (χ4n) is 2.08. The van der Waals surface area contributed by atoms with Crippen molar-refractivity contribution in [1.29, 1.82) is 0 Å². The monoisotopic (exact) mass is 287 g/mol. The van der Waals surface area contributed by atoms with Crippen molar-refractivity contribution in [3.05, 3.63) is 24.4 Å². The van der Waals surface area contributed by atoms with E-state index >= 15 is 0 Å². The van der Waals surface area contributed by atoms with Crippen molar-refractivity contribution in [2.45, 2.75) is 13.8 Å². The van der Waals surface area contributed by atoms with Gasteiger partial charge in [-0.05, 0) is 18.1 Å². The van der Waals surface area contributed by atoms with Crippen molar-refractivity contribution in [1.82, 2.24) is 9.97 Å². The molecule has 0 aliphatic carbocycles. The molecular weight excluding hydrogens is 270 g/mol. The molecule has 2 heterocycles. The van der Waals surface area contributed by atoms with Gasteiger partial charge in [-0.2, -0.15) is 0 Å². The Morgan fingerprint density at radius 1 is 1.35 bits per heavy atom. The van der Waals surface area contributed by atoms with Gasteiger partial charge in [0.25, 0.3) is 0 Å². The Bertz CT molecular complexity index is 751. The fourth-order valence-corrected chi connectivity index (χ4v) is 2.94. The zero-order chi connectivity index (χ0) is 14.1. The topological polar surface area (TPSA) is 47.0 Å².